The van der Waals surface area contributed by atoms with E-state index in [0.717, 1.165) is 61.7 Å². The van der Waals surface area contributed by atoms with Crippen LogP contribution in [0.25, 0.3) is 32.8 Å². The molecule has 4 aromatic rings. The van der Waals surface area contributed by atoms with Crippen LogP contribution in [-0.4, -0.2) is 22.7 Å². The number of aliphatic carboxylic acids is 1. The molecule has 0 saturated carbocycles. The fourth-order valence-corrected chi connectivity index (χ4v) is 4.70. The molecule has 5 heteroatoms. The van der Waals surface area contributed by atoms with Crippen LogP contribution in [0, 0.1) is 25.2 Å². The number of carboxylic acid groups (broad SMARTS) is 1. The number of rotatable bonds is 3. The summed E-state index contributed by atoms with van der Waals surface area (Å²) in [5, 5.41) is 22.1. The van der Waals surface area contributed by atoms with Gasteiger partial charge in [0.15, 0.2) is 0 Å². The Bertz CT molecular complexity index is 1440. The van der Waals surface area contributed by atoms with Crippen LogP contribution in [0.1, 0.15) is 27.8 Å². The second-order valence-electron chi connectivity index (χ2n) is 7.99. The van der Waals surface area contributed by atoms with Gasteiger partial charge in [-0.2, -0.15) is 5.26 Å². The first-order valence-corrected chi connectivity index (χ1v) is 10.2. The summed E-state index contributed by atoms with van der Waals surface area (Å²) in [4.78, 5) is 16.4. The summed E-state index contributed by atoms with van der Waals surface area (Å²) in [7, 11) is 0. The van der Waals surface area contributed by atoms with Crippen LogP contribution < -0.4 is 4.74 Å². The highest BCUT2D eigenvalue weighted by atomic mass is 16.5. The molecule has 1 aliphatic rings. The Morgan fingerprint density at radius 3 is 2.77 bits per heavy atom. The molecule has 0 radical (unpaired) electrons. The van der Waals surface area contributed by atoms with E-state index < -0.39 is 5.97 Å². The van der Waals surface area contributed by atoms with E-state index in [9.17, 15) is 15.2 Å². The van der Waals surface area contributed by atoms with Gasteiger partial charge in [0, 0.05) is 29.0 Å². The Balaban J connectivity index is 1.96. The molecule has 0 spiro atoms. The lowest BCUT2D eigenvalue weighted by atomic mass is 9.85. The lowest BCUT2D eigenvalue weighted by Crippen LogP contribution is -2.10. The molecule has 5 rings (SSSR count). The van der Waals surface area contributed by atoms with Crippen LogP contribution in [0.15, 0.2) is 42.6 Å². The highest BCUT2D eigenvalue weighted by molar-refractivity contribution is 6.09. The average molecular weight is 408 g/mol. The summed E-state index contributed by atoms with van der Waals surface area (Å²) in [6.45, 7) is 4.46. The third kappa shape index (κ3) is 2.91. The van der Waals surface area contributed by atoms with Gasteiger partial charge >= 0.3 is 5.97 Å². The summed E-state index contributed by atoms with van der Waals surface area (Å²) in [6.07, 6.45) is 2.51. The van der Waals surface area contributed by atoms with Gasteiger partial charge in [-0.3, -0.25) is 9.78 Å². The summed E-state index contributed by atoms with van der Waals surface area (Å²) in [5.41, 5.74) is 6.78. The van der Waals surface area contributed by atoms with E-state index in [0.29, 0.717) is 12.2 Å². The topological polar surface area (TPSA) is 83.2 Å². The molecule has 0 fully saturated rings. The molecule has 1 aromatic heterocycles. The quantitative estimate of drug-likeness (QED) is 0.510. The number of carbonyl (C=O) groups is 1. The fraction of sp³-hybridized carbons (Fsp3) is 0.192. The van der Waals surface area contributed by atoms with Crippen molar-refractivity contribution < 1.29 is 14.6 Å². The second kappa shape index (κ2) is 7.10. The van der Waals surface area contributed by atoms with Crippen molar-refractivity contribution in [2.75, 3.05) is 6.61 Å². The number of nitriles is 1. The predicted octanol–water partition coefficient (Wildman–Crippen LogP) is 5.11. The zero-order valence-corrected chi connectivity index (χ0v) is 17.3. The standard InChI is InChI=1S/C26H20N2O3/c1-14-3-4-17-20(21(14)13-27)11-15(2)19(12-23(29)30)25(17)18-5-6-22-24-16(8-10-31-22)7-9-28-26(18)24/h3-7,9,11H,8,10,12H2,1-2H3,(H,29,30). The highest BCUT2D eigenvalue weighted by Crippen LogP contribution is 2.43. The maximum Gasteiger partial charge on any atom is 0.307 e. The molecule has 0 unspecified atom stereocenters. The molecule has 152 valence electrons. The number of hydrogen-bond donors (Lipinski definition) is 1. The van der Waals surface area contributed by atoms with Crippen molar-refractivity contribution in [2.24, 2.45) is 0 Å². The Kier molecular flexibility index (Phi) is 4.37. The summed E-state index contributed by atoms with van der Waals surface area (Å²) < 4.78 is 5.87. The van der Waals surface area contributed by atoms with Gasteiger partial charge < -0.3 is 9.84 Å². The van der Waals surface area contributed by atoms with E-state index in [4.69, 9.17) is 4.74 Å². The number of aromatic nitrogens is 1. The molecule has 0 atom stereocenters. The first-order valence-electron chi connectivity index (χ1n) is 10.2. The summed E-state index contributed by atoms with van der Waals surface area (Å²) in [5.74, 6) is -0.0891. The molecular formula is C26H20N2O3. The number of fused-ring (bicyclic) bond motifs is 1. The number of aryl methyl sites for hydroxylation is 2. The van der Waals surface area contributed by atoms with Crippen molar-refractivity contribution in [1.29, 1.82) is 5.26 Å². The predicted molar refractivity (Wildman–Crippen MR) is 119 cm³/mol. The van der Waals surface area contributed by atoms with Crippen molar-refractivity contribution in [1.82, 2.24) is 4.98 Å². The maximum absolute atomic E-state index is 11.8. The first kappa shape index (κ1) is 19.1. The number of benzene rings is 3. The lowest BCUT2D eigenvalue weighted by Gasteiger charge is -2.22. The molecule has 3 aromatic carbocycles. The van der Waals surface area contributed by atoms with Crippen LogP contribution in [-0.2, 0) is 17.6 Å². The minimum absolute atomic E-state index is 0.105. The molecule has 0 bridgehead atoms. The minimum Gasteiger partial charge on any atom is -0.493 e. The number of carboxylic acids is 1. The molecular weight excluding hydrogens is 388 g/mol. The Hall–Kier alpha value is -3.91. The van der Waals surface area contributed by atoms with Crippen LogP contribution in [0.2, 0.25) is 0 Å². The number of ether oxygens (including phenoxy) is 1. The van der Waals surface area contributed by atoms with E-state index in [1.165, 1.54) is 5.56 Å². The molecule has 1 aliphatic heterocycles. The minimum atomic E-state index is -0.893. The van der Waals surface area contributed by atoms with Gasteiger partial charge in [-0.15, -0.1) is 0 Å². The third-order valence-corrected chi connectivity index (χ3v) is 6.14. The van der Waals surface area contributed by atoms with Gasteiger partial charge in [0.2, 0.25) is 0 Å². The normalized spacial score (nSPS) is 12.5. The van der Waals surface area contributed by atoms with E-state index in [1.807, 2.05) is 50.2 Å². The largest absolute Gasteiger partial charge is 0.493 e. The molecule has 0 aliphatic carbocycles. The zero-order chi connectivity index (χ0) is 21.7. The molecule has 0 saturated heterocycles. The van der Waals surface area contributed by atoms with E-state index in [-0.39, 0.29) is 6.42 Å². The summed E-state index contributed by atoms with van der Waals surface area (Å²) in [6, 6.07) is 14.1. The molecule has 2 heterocycles. The van der Waals surface area contributed by atoms with Crippen molar-refractivity contribution in [2.45, 2.75) is 26.7 Å². The number of pyridine rings is 1. The molecule has 5 nitrogen and oxygen atoms in total. The highest BCUT2D eigenvalue weighted by Gasteiger charge is 2.23. The van der Waals surface area contributed by atoms with Gasteiger partial charge in [0.1, 0.15) is 11.8 Å². The van der Waals surface area contributed by atoms with Crippen molar-refractivity contribution >= 4 is 27.6 Å². The van der Waals surface area contributed by atoms with Crippen molar-refractivity contribution in [3.05, 3.63) is 70.4 Å². The van der Waals surface area contributed by atoms with Gasteiger partial charge in [-0.05, 0) is 71.3 Å². The van der Waals surface area contributed by atoms with Crippen LogP contribution in [0.4, 0.5) is 0 Å². The first-order chi connectivity index (χ1) is 15.0. The Morgan fingerprint density at radius 1 is 1.16 bits per heavy atom. The van der Waals surface area contributed by atoms with Gasteiger partial charge in [0.05, 0.1) is 24.1 Å². The second-order valence-corrected chi connectivity index (χ2v) is 7.99. The van der Waals surface area contributed by atoms with Crippen LogP contribution in [0.5, 0.6) is 5.75 Å². The molecule has 0 amide bonds. The Labute approximate surface area is 179 Å². The smallest absolute Gasteiger partial charge is 0.307 e. The van der Waals surface area contributed by atoms with Gasteiger partial charge in [-0.25, -0.2) is 0 Å². The Morgan fingerprint density at radius 2 is 2.00 bits per heavy atom. The number of hydrogen-bond acceptors (Lipinski definition) is 4. The third-order valence-electron chi connectivity index (χ3n) is 6.14. The van der Waals surface area contributed by atoms with Gasteiger partial charge in [0.25, 0.3) is 0 Å². The summed E-state index contributed by atoms with van der Waals surface area (Å²) >= 11 is 0. The number of nitrogens with zero attached hydrogens (tertiary/aromatic N) is 2. The monoisotopic (exact) mass is 408 g/mol. The van der Waals surface area contributed by atoms with Crippen LogP contribution in [0.3, 0.4) is 0 Å². The fourth-order valence-electron chi connectivity index (χ4n) is 4.70. The van der Waals surface area contributed by atoms with Crippen LogP contribution >= 0.6 is 0 Å². The van der Waals surface area contributed by atoms with E-state index >= 15 is 0 Å². The van der Waals surface area contributed by atoms with Crippen molar-refractivity contribution in [3.63, 3.8) is 0 Å². The molecule has 1 N–H and O–H groups in total. The van der Waals surface area contributed by atoms with E-state index in [2.05, 4.69) is 11.1 Å². The van der Waals surface area contributed by atoms with Gasteiger partial charge in [-0.1, -0.05) is 12.1 Å². The maximum atomic E-state index is 11.8. The lowest BCUT2D eigenvalue weighted by molar-refractivity contribution is -0.136. The molecule has 31 heavy (non-hydrogen) atoms. The zero-order valence-electron chi connectivity index (χ0n) is 17.3. The average Bonchev–Trinajstić information content (AvgIpc) is 2.75. The van der Waals surface area contributed by atoms with Crippen molar-refractivity contribution in [3.8, 4) is 22.9 Å². The SMILES string of the molecule is Cc1cc2c(C#N)c(C)ccc2c(-c2ccc3c4c(ccnc24)CCO3)c1CC(=O)O. The van der Waals surface area contributed by atoms with E-state index in [1.54, 1.807) is 6.20 Å².